The number of rotatable bonds is 9. The van der Waals surface area contributed by atoms with Gasteiger partial charge in [-0.3, -0.25) is 9.59 Å². The monoisotopic (exact) mass is 617 g/mol. The van der Waals surface area contributed by atoms with E-state index >= 15 is 0 Å². The SMILES string of the molecule is Cc1c(F)cccc1C1C(C(=O)c2cccc(O)c2)CN(CCN(C)S(C)(=O)=O)CC1C(=O)N1CCCCC1(C)C(=O)O. The van der Waals surface area contributed by atoms with Gasteiger partial charge < -0.3 is 20.0 Å². The molecule has 0 saturated carbocycles. The molecule has 0 bridgehead atoms. The van der Waals surface area contributed by atoms with Gasteiger partial charge in [-0.1, -0.05) is 24.3 Å². The number of phenols is 1. The van der Waals surface area contributed by atoms with Crippen molar-refractivity contribution in [3.8, 4) is 5.75 Å². The summed E-state index contributed by atoms with van der Waals surface area (Å²) in [5.74, 6) is -5.12. The molecule has 0 spiro atoms. The highest BCUT2D eigenvalue weighted by molar-refractivity contribution is 7.88. The molecule has 10 nitrogen and oxygen atoms in total. The van der Waals surface area contributed by atoms with E-state index in [0.717, 1.165) is 6.26 Å². The van der Waals surface area contributed by atoms with Crippen LogP contribution in [0.5, 0.6) is 5.75 Å². The van der Waals surface area contributed by atoms with Crippen LogP contribution < -0.4 is 0 Å². The van der Waals surface area contributed by atoms with E-state index in [4.69, 9.17) is 0 Å². The molecule has 12 heteroatoms. The molecule has 4 unspecified atom stereocenters. The molecular weight excluding hydrogens is 577 g/mol. The van der Waals surface area contributed by atoms with Gasteiger partial charge in [0, 0.05) is 57.2 Å². The van der Waals surface area contributed by atoms with Crippen LogP contribution in [0.3, 0.4) is 0 Å². The Bertz CT molecular complexity index is 1500. The van der Waals surface area contributed by atoms with Crippen molar-refractivity contribution in [2.24, 2.45) is 11.8 Å². The zero-order valence-corrected chi connectivity index (χ0v) is 25.8. The number of carbonyl (C=O) groups is 3. The van der Waals surface area contributed by atoms with Crippen LogP contribution in [0, 0.1) is 24.6 Å². The van der Waals surface area contributed by atoms with Crippen molar-refractivity contribution in [2.45, 2.75) is 44.6 Å². The number of benzene rings is 2. The molecule has 2 heterocycles. The molecule has 2 saturated heterocycles. The summed E-state index contributed by atoms with van der Waals surface area (Å²) < 4.78 is 40.4. The fourth-order valence-electron chi connectivity index (χ4n) is 6.44. The largest absolute Gasteiger partial charge is 0.508 e. The van der Waals surface area contributed by atoms with E-state index in [-0.39, 0.29) is 56.2 Å². The second-order valence-electron chi connectivity index (χ2n) is 12.0. The number of carboxylic acid groups (broad SMARTS) is 1. The lowest BCUT2D eigenvalue weighted by Gasteiger charge is -2.48. The summed E-state index contributed by atoms with van der Waals surface area (Å²) in [5, 5.41) is 20.3. The van der Waals surface area contributed by atoms with Gasteiger partial charge in [0.15, 0.2) is 5.78 Å². The Morgan fingerprint density at radius 1 is 1.09 bits per heavy atom. The maximum absolute atomic E-state index is 15.0. The highest BCUT2D eigenvalue weighted by atomic mass is 32.2. The van der Waals surface area contributed by atoms with E-state index in [1.165, 1.54) is 47.4 Å². The molecular formula is C31H40FN3O7S. The van der Waals surface area contributed by atoms with Gasteiger partial charge in [-0.2, -0.15) is 0 Å². The van der Waals surface area contributed by atoms with Gasteiger partial charge in [0.25, 0.3) is 0 Å². The number of amides is 1. The summed E-state index contributed by atoms with van der Waals surface area (Å²) in [6.07, 6.45) is 2.64. The quantitative estimate of drug-likeness (QED) is 0.410. The van der Waals surface area contributed by atoms with Crippen molar-refractivity contribution in [3.05, 3.63) is 65.0 Å². The molecule has 2 aromatic carbocycles. The van der Waals surface area contributed by atoms with Crippen LogP contribution in [0.1, 0.15) is 53.6 Å². The van der Waals surface area contributed by atoms with Crippen LogP contribution in [0.25, 0.3) is 0 Å². The van der Waals surface area contributed by atoms with E-state index in [1.807, 2.05) is 4.90 Å². The average molecular weight is 618 g/mol. The first-order valence-electron chi connectivity index (χ1n) is 14.4. The van der Waals surface area contributed by atoms with E-state index in [2.05, 4.69) is 0 Å². The molecule has 0 radical (unpaired) electrons. The third-order valence-electron chi connectivity index (χ3n) is 9.15. The number of likely N-dealkylation sites (N-methyl/N-ethyl adjacent to an activating group) is 1. The highest BCUT2D eigenvalue weighted by Gasteiger charge is 2.51. The van der Waals surface area contributed by atoms with E-state index < -0.39 is 51.0 Å². The minimum absolute atomic E-state index is 0.104. The number of halogens is 1. The van der Waals surface area contributed by atoms with Crippen molar-refractivity contribution < 1.29 is 37.4 Å². The Balaban J connectivity index is 1.85. The number of aromatic hydroxyl groups is 1. The van der Waals surface area contributed by atoms with Crippen LogP contribution in [0.4, 0.5) is 4.39 Å². The summed E-state index contributed by atoms with van der Waals surface area (Å²) in [5.41, 5.74) is -0.443. The van der Waals surface area contributed by atoms with Gasteiger partial charge in [0.1, 0.15) is 17.1 Å². The molecule has 2 aliphatic rings. The lowest BCUT2D eigenvalue weighted by Crippen LogP contribution is -2.62. The summed E-state index contributed by atoms with van der Waals surface area (Å²) in [6, 6.07) is 10.4. The number of ketones is 1. The third-order valence-corrected chi connectivity index (χ3v) is 10.5. The predicted octanol–water partition coefficient (Wildman–Crippen LogP) is 3.10. The number of nitrogens with zero attached hydrogens (tertiary/aromatic N) is 3. The Kier molecular flexibility index (Phi) is 9.63. The Hall–Kier alpha value is -3.35. The van der Waals surface area contributed by atoms with Crippen LogP contribution in [0.2, 0.25) is 0 Å². The summed E-state index contributed by atoms with van der Waals surface area (Å²) in [6.45, 7) is 3.94. The topological polar surface area (TPSA) is 136 Å². The van der Waals surface area contributed by atoms with Gasteiger partial charge in [-0.05, 0) is 62.4 Å². The fourth-order valence-corrected chi connectivity index (χ4v) is 6.85. The fraction of sp³-hybridized carbons (Fsp3) is 0.516. The van der Waals surface area contributed by atoms with Crippen LogP contribution in [0.15, 0.2) is 42.5 Å². The Morgan fingerprint density at radius 2 is 1.77 bits per heavy atom. The first-order valence-corrected chi connectivity index (χ1v) is 16.3. The summed E-state index contributed by atoms with van der Waals surface area (Å²) in [4.78, 5) is 44.4. The zero-order valence-electron chi connectivity index (χ0n) is 25.0. The van der Waals surface area contributed by atoms with Gasteiger partial charge in [-0.25, -0.2) is 21.9 Å². The highest BCUT2D eigenvalue weighted by Crippen LogP contribution is 2.43. The normalized spacial score (nSPS) is 25.1. The number of phenolic OH excluding ortho intramolecular Hbond substituents is 1. The minimum Gasteiger partial charge on any atom is -0.508 e. The van der Waals surface area contributed by atoms with Gasteiger partial charge in [-0.15, -0.1) is 0 Å². The van der Waals surface area contributed by atoms with Gasteiger partial charge >= 0.3 is 5.97 Å². The number of likely N-dealkylation sites (tertiary alicyclic amines) is 2. The lowest BCUT2D eigenvalue weighted by molar-refractivity contribution is -0.164. The Labute approximate surface area is 252 Å². The van der Waals surface area contributed by atoms with Crippen molar-refractivity contribution in [3.63, 3.8) is 0 Å². The van der Waals surface area contributed by atoms with Crippen molar-refractivity contribution in [1.82, 2.24) is 14.1 Å². The standard InChI is InChI=1S/C31H40FN3O7S/c1-20-23(11-8-12-26(20)32)27-24(28(37)21-9-7-10-22(36)17-21)18-34(16-15-33(3)43(4,41)42)19-25(27)29(38)35-14-6-5-13-31(35,2)30(39)40/h7-12,17,24-25,27,36H,5-6,13-16,18-19H2,1-4H3,(H,39,40). The lowest BCUT2D eigenvalue weighted by atomic mass is 9.69. The van der Waals surface area contributed by atoms with E-state index in [0.29, 0.717) is 24.0 Å². The molecule has 0 aliphatic carbocycles. The average Bonchev–Trinajstić information content (AvgIpc) is 2.96. The summed E-state index contributed by atoms with van der Waals surface area (Å²) in [7, 11) is -2.04. The number of Topliss-reactive ketones (excluding diaryl/α,β-unsaturated/α-hetero) is 1. The maximum atomic E-state index is 15.0. The number of sulfonamides is 1. The first-order chi connectivity index (χ1) is 20.1. The molecule has 2 fully saturated rings. The van der Waals surface area contributed by atoms with Crippen LogP contribution in [-0.4, -0.2) is 102 Å². The molecule has 1 amide bonds. The van der Waals surface area contributed by atoms with Crippen LogP contribution in [-0.2, 0) is 19.6 Å². The Morgan fingerprint density at radius 3 is 2.42 bits per heavy atom. The number of hydrogen-bond donors (Lipinski definition) is 2. The maximum Gasteiger partial charge on any atom is 0.329 e. The molecule has 4 atom stereocenters. The number of hydrogen-bond acceptors (Lipinski definition) is 7. The molecule has 0 aromatic heterocycles. The predicted molar refractivity (Wildman–Crippen MR) is 159 cm³/mol. The van der Waals surface area contributed by atoms with E-state index in [1.54, 1.807) is 25.1 Å². The number of carbonyl (C=O) groups excluding carboxylic acids is 2. The molecule has 43 heavy (non-hydrogen) atoms. The van der Waals surface area contributed by atoms with Crippen molar-refractivity contribution in [1.29, 1.82) is 0 Å². The van der Waals surface area contributed by atoms with Crippen molar-refractivity contribution in [2.75, 3.05) is 46.0 Å². The second kappa shape index (κ2) is 12.7. The second-order valence-corrected chi connectivity index (χ2v) is 14.1. The number of piperidine rings is 2. The number of carboxylic acids is 1. The van der Waals surface area contributed by atoms with Crippen molar-refractivity contribution >= 4 is 27.7 Å². The van der Waals surface area contributed by atoms with Gasteiger partial charge in [0.2, 0.25) is 15.9 Å². The number of aliphatic carboxylic acids is 1. The molecule has 2 aromatic rings. The minimum atomic E-state index is -3.49. The molecule has 234 valence electrons. The van der Waals surface area contributed by atoms with Gasteiger partial charge in [0.05, 0.1) is 12.2 Å². The molecule has 2 aliphatic heterocycles. The first kappa shape index (κ1) is 32.6. The zero-order chi connectivity index (χ0) is 31.7. The van der Waals surface area contributed by atoms with Crippen LogP contribution >= 0.6 is 0 Å². The smallest absolute Gasteiger partial charge is 0.329 e. The molecule has 2 N–H and O–H groups in total. The third kappa shape index (κ3) is 6.76. The summed E-state index contributed by atoms with van der Waals surface area (Å²) >= 11 is 0. The molecule has 4 rings (SSSR count). The van der Waals surface area contributed by atoms with E-state index in [9.17, 15) is 37.4 Å².